The van der Waals surface area contributed by atoms with E-state index in [9.17, 15) is 4.79 Å². The van der Waals surface area contributed by atoms with Crippen LogP contribution in [0.25, 0.3) is 31.8 Å². The molecule has 1 fully saturated rings. The first-order valence-corrected chi connectivity index (χ1v) is 12.3. The molecule has 2 aliphatic heterocycles. The molecular weight excluding hydrogens is 468 g/mol. The van der Waals surface area contributed by atoms with E-state index in [-0.39, 0.29) is 12.0 Å². The van der Waals surface area contributed by atoms with Crippen LogP contribution in [0.5, 0.6) is 11.6 Å². The van der Waals surface area contributed by atoms with E-state index in [0.29, 0.717) is 25.5 Å². The summed E-state index contributed by atoms with van der Waals surface area (Å²) in [6.07, 6.45) is 1.45. The summed E-state index contributed by atoms with van der Waals surface area (Å²) < 4.78 is 23.6. The molecule has 0 aliphatic carbocycles. The zero-order valence-electron chi connectivity index (χ0n) is 19.3. The molecule has 2 N–H and O–H groups in total. The van der Waals surface area contributed by atoms with Gasteiger partial charge in [0.25, 0.3) is 0 Å². The lowest BCUT2D eigenvalue weighted by molar-refractivity contribution is -0.00750. The van der Waals surface area contributed by atoms with Crippen LogP contribution in [0.2, 0.25) is 0 Å². The minimum Gasteiger partial charge on any atom is -0.486 e. The van der Waals surface area contributed by atoms with Gasteiger partial charge >= 0.3 is 6.09 Å². The van der Waals surface area contributed by atoms with Gasteiger partial charge < -0.3 is 24.7 Å². The van der Waals surface area contributed by atoms with E-state index in [1.807, 2.05) is 25.1 Å². The van der Waals surface area contributed by atoms with Crippen molar-refractivity contribution in [3.63, 3.8) is 0 Å². The maximum Gasteiger partial charge on any atom is 0.404 e. The first kappa shape index (κ1) is 22.0. The van der Waals surface area contributed by atoms with Crippen molar-refractivity contribution in [3.8, 4) is 22.2 Å². The summed E-state index contributed by atoms with van der Waals surface area (Å²) in [6.45, 7) is 3.20. The number of ether oxygens (including phenoxy) is 4. The van der Waals surface area contributed by atoms with Crippen molar-refractivity contribution in [2.24, 2.45) is 11.7 Å². The highest BCUT2D eigenvalue weighted by Gasteiger charge is 2.40. The summed E-state index contributed by atoms with van der Waals surface area (Å²) in [6, 6.07) is 7.97. The second-order valence-electron chi connectivity index (χ2n) is 8.89. The van der Waals surface area contributed by atoms with Crippen LogP contribution in [0.1, 0.15) is 17.5 Å². The van der Waals surface area contributed by atoms with Crippen LogP contribution < -0.4 is 15.2 Å². The number of carbonyl (C=O) groups excluding carboxylic acids is 1. The fourth-order valence-corrected chi connectivity index (χ4v) is 6.10. The van der Waals surface area contributed by atoms with Gasteiger partial charge in [0.15, 0.2) is 0 Å². The molecule has 6 rings (SSSR count). The van der Waals surface area contributed by atoms with Crippen LogP contribution in [-0.2, 0) is 15.9 Å². The number of carbonyl (C=O) groups is 1. The number of primary amides is 1. The molecule has 180 valence electrons. The van der Waals surface area contributed by atoms with Crippen molar-refractivity contribution >= 4 is 38.7 Å². The molecule has 9 nitrogen and oxygen atoms in total. The molecule has 2 aliphatic rings. The van der Waals surface area contributed by atoms with Crippen molar-refractivity contribution in [3.05, 3.63) is 41.6 Å². The number of fused-ring (bicyclic) bond motifs is 4. The van der Waals surface area contributed by atoms with Gasteiger partial charge in [0.1, 0.15) is 23.0 Å². The Morgan fingerprint density at radius 1 is 1.26 bits per heavy atom. The van der Waals surface area contributed by atoms with E-state index in [2.05, 4.69) is 16.0 Å². The van der Waals surface area contributed by atoms with Gasteiger partial charge in [0, 0.05) is 30.1 Å². The van der Waals surface area contributed by atoms with Crippen LogP contribution in [0, 0.1) is 12.8 Å². The molecule has 0 spiro atoms. The average molecular weight is 493 g/mol. The predicted molar refractivity (Wildman–Crippen MR) is 131 cm³/mol. The molecule has 1 unspecified atom stereocenters. The first-order valence-electron chi connectivity index (χ1n) is 11.4. The molecule has 35 heavy (non-hydrogen) atoms. The molecule has 0 saturated carbocycles. The molecule has 2 aromatic carbocycles. The topological polar surface area (TPSA) is 119 Å². The quantitative estimate of drug-likeness (QED) is 0.444. The average Bonchev–Trinajstić information content (AvgIpc) is 3.60. The maximum atomic E-state index is 11.6. The second-order valence-corrected chi connectivity index (χ2v) is 9.89. The largest absolute Gasteiger partial charge is 0.486 e. The summed E-state index contributed by atoms with van der Waals surface area (Å²) in [5.74, 6) is 1.32. The van der Waals surface area contributed by atoms with Gasteiger partial charge in [-0.15, -0.1) is 11.3 Å². The fourth-order valence-electron chi connectivity index (χ4n) is 4.97. The standard InChI is InChI=1S/C25H24N4O5S/c1-12-7-15(21-17(8-12)28-20(31-2)10-27-21)24-29-16-3-4-18-14(23(16)35-24)9-19(33-18)22(34-25(26)30)13-5-6-32-11-13/h3-4,7-8,10,13,19,22H,5-6,9,11H2,1-2H3,(H2,26,30)/t13-,19-,22?/m0/s1. The lowest BCUT2D eigenvalue weighted by Crippen LogP contribution is -2.42. The van der Waals surface area contributed by atoms with Gasteiger partial charge in [-0.1, -0.05) is 0 Å². The van der Waals surface area contributed by atoms with Crippen molar-refractivity contribution in [2.75, 3.05) is 20.3 Å². The number of nitrogens with two attached hydrogens (primary N) is 1. The molecule has 4 heterocycles. The van der Waals surface area contributed by atoms with Crippen LogP contribution in [0.3, 0.4) is 0 Å². The van der Waals surface area contributed by atoms with Crippen molar-refractivity contribution in [1.29, 1.82) is 0 Å². The van der Waals surface area contributed by atoms with Gasteiger partial charge in [0.2, 0.25) is 5.88 Å². The lowest BCUT2D eigenvalue weighted by Gasteiger charge is -2.26. The Kier molecular flexibility index (Phi) is 5.42. The molecule has 1 saturated heterocycles. The van der Waals surface area contributed by atoms with Crippen molar-refractivity contribution < 1.29 is 23.7 Å². The summed E-state index contributed by atoms with van der Waals surface area (Å²) in [7, 11) is 1.58. The zero-order chi connectivity index (χ0) is 24.1. The van der Waals surface area contributed by atoms with Crippen LogP contribution in [-0.4, -0.2) is 53.6 Å². The fraction of sp³-hybridized carbons (Fsp3) is 0.360. The SMILES string of the molecule is COc1cnc2c(-c3nc4ccc5c(c4s3)C[C@@H](C(OC(N)=O)[C@H]3CCOC3)O5)cc(C)cc2n1. The van der Waals surface area contributed by atoms with Crippen molar-refractivity contribution in [1.82, 2.24) is 15.0 Å². The molecule has 0 bridgehead atoms. The predicted octanol–water partition coefficient (Wildman–Crippen LogP) is 4.03. The summed E-state index contributed by atoms with van der Waals surface area (Å²) in [5.41, 5.74) is 10.9. The molecule has 10 heteroatoms. The highest BCUT2D eigenvalue weighted by Crippen LogP contribution is 2.43. The Hall–Kier alpha value is -3.50. The number of rotatable bonds is 5. The summed E-state index contributed by atoms with van der Waals surface area (Å²) in [5, 5.41) is 0.860. The Labute approximate surface area is 205 Å². The zero-order valence-corrected chi connectivity index (χ0v) is 20.1. The maximum absolute atomic E-state index is 11.6. The number of methoxy groups -OCH3 is 1. The lowest BCUT2D eigenvalue weighted by atomic mass is 9.94. The number of thiazole rings is 1. The number of aromatic nitrogens is 3. The van der Waals surface area contributed by atoms with Gasteiger partial charge in [-0.2, -0.15) is 0 Å². The number of hydrogen-bond donors (Lipinski definition) is 1. The Morgan fingerprint density at radius 2 is 2.14 bits per heavy atom. The first-order chi connectivity index (χ1) is 17.0. The molecule has 4 aromatic rings. The molecular formula is C25H24N4O5S. The molecule has 2 aromatic heterocycles. The summed E-state index contributed by atoms with van der Waals surface area (Å²) in [4.78, 5) is 25.7. The Morgan fingerprint density at radius 3 is 2.91 bits per heavy atom. The van der Waals surface area contributed by atoms with E-state index < -0.39 is 12.2 Å². The minimum atomic E-state index is -0.796. The van der Waals surface area contributed by atoms with Gasteiger partial charge in [-0.3, -0.25) is 0 Å². The Balaban J connectivity index is 1.39. The highest BCUT2D eigenvalue weighted by molar-refractivity contribution is 7.22. The third-order valence-electron chi connectivity index (χ3n) is 6.56. The van der Waals surface area contributed by atoms with E-state index in [1.54, 1.807) is 24.6 Å². The van der Waals surface area contributed by atoms with Crippen LogP contribution in [0.15, 0.2) is 30.5 Å². The molecule has 0 radical (unpaired) electrons. The molecule has 1 amide bonds. The number of aryl methyl sites for hydroxylation is 1. The van der Waals surface area contributed by atoms with E-state index in [1.165, 1.54) is 0 Å². The smallest absolute Gasteiger partial charge is 0.404 e. The minimum absolute atomic E-state index is 0.0588. The van der Waals surface area contributed by atoms with Gasteiger partial charge in [-0.25, -0.2) is 19.7 Å². The number of hydrogen-bond acceptors (Lipinski definition) is 9. The summed E-state index contributed by atoms with van der Waals surface area (Å²) >= 11 is 1.60. The number of amides is 1. The Bertz CT molecular complexity index is 1450. The van der Waals surface area contributed by atoms with E-state index in [4.69, 9.17) is 29.7 Å². The highest BCUT2D eigenvalue weighted by atomic mass is 32.1. The third kappa shape index (κ3) is 3.92. The number of benzene rings is 2. The van der Waals surface area contributed by atoms with Gasteiger partial charge in [0.05, 0.1) is 41.2 Å². The van der Waals surface area contributed by atoms with E-state index >= 15 is 0 Å². The van der Waals surface area contributed by atoms with Crippen molar-refractivity contribution in [2.45, 2.75) is 32.0 Å². The third-order valence-corrected chi connectivity index (χ3v) is 7.72. The molecule has 3 atom stereocenters. The normalized spacial score (nSPS) is 20.1. The van der Waals surface area contributed by atoms with Crippen LogP contribution >= 0.6 is 11.3 Å². The van der Waals surface area contributed by atoms with Gasteiger partial charge in [-0.05, 0) is 43.2 Å². The monoisotopic (exact) mass is 492 g/mol. The van der Waals surface area contributed by atoms with Crippen LogP contribution in [0.4, 0.5) is 4.79 Å². The number of nitrogens with zero attached hydrogens (tertiary/aromatic N) is 3. The van der Waals surface area contributed by atoms with E-state index in [0.717, 1.165) is 55.1 Å². The second kappa shape index (κ2) is 8.62.